The largest absolute Gasteiger partial charge is 0.465 e. The summed E-state index contributed by atoms with van der Waals surface area (Å²) >= 11 is 0. The molecule has 0 atom stereocenters. The Balaban J connectivity index is 1.48. The SMILES string of the molecule is CC(C)(C)N(C(=O)O)c1ccc(-c2ccccc2)cc1NC(=O)c1ccc(CNC(=O)OCc2ccccn2)cc1. The summed E-state index contributed by atoms with van der Waals surface area (Å²) in [6.45, 7) is 5.65. The van der Waals surface area contributed by atoms with E-state index in [-0.39, 0.29) is 13.2 Å². The highest BCUT2D eigenvalue weighted by molar-refractivity contribution is 6.07. The Labute approximate surface area is 238 Å². The Morgan fingerprint density at radius 1 is 0.878 bits per heavy atom. The molecule has 9 nitrogen and oxygen atoms in total. The van der Waals surface area contributed by atoms with E-state index in [2.05, 4.69) is 15.6 Å². The zero-order chi connectivity index (χ0) is 29.4. The van der Waals surface area contributed by atoms with Crippen molar-refractivity contribution in [3.05, 3.63) is 114 Å². The first-order chi connectivity index (χ1) is 19.6. The molecule has 4 rings (SSSR count). The molecule has 0 bridgehead atoms. The number of alkyl carbamates (subject to hydrolysis) is 1. The van der Waals surface area contributed by atoms with Gasteiger partial charge in [0, 0.05) is 23.8 Å². The van der Waals surface area contributed by atoms with Crippen LogP contribution in [0.3, 0.4) is 0 Å². The number of nitrogens with one attached hydrogen (secondary N) is 2. The number of nitrogens with zero attached hydrogens (tertiary/aromatic N) is 2. The van der Waals surface area contributed by atoms with Crippen LogP contribution >= 0.6 is 0 Å². The molecule has 3 N–H and O–H groups in total. The van der Waals surface area contributed by atoms with Crippen LogP contribution in [-0.2, 0) is 17.9 Å². The Kier molecular flexibility index (Phi) is 8.98. The number of hydrogen-bond acceptors (Lipinski definition) is 5. The van der Waals surface area contributed by atoms with Gasteiger partial charge in [0.15, 0.2) is 0 Å². The molecule has 0 unspecified atom stereocenters. The minimum atomic E-state index is -1.13. The van der Waals surface area contributed by atoms with Crippen LogP contribution in [0.5, 0.6) is 0 Å². The lowest BCUT2D eigenvalue weighted by molar-refractivity contribution is 0.102. The van der Waals surface area contributed by atoms with E-state index in [0.717, 1.165) is 16.7 Å². The van der Waals surface area contributed by atoms with Crippen molar-refractivity contribution in [3.63, 3.8) is 0 Å². The number of hydrogen-bond donors (Lipinski definition) is 3. The van der Waals surface area contributed by atoms with Crippen LogP contribution in [0.15, 0.2) is 97.2 Å². The lowest BCUT2D eigenvalue weighted by atomic mass is 10.0. The summed E-state index contributed by atoms with van der Waals surface area (Å²) in [4.78, 5) is 42.9. The monoisotopic (exact) mass is 552 g/mol. The molecular formula is C32H32N4O5. The molecule has 4 aromatic rings. The van der Waals surface area contributed by atoms with Crippen molar-refractivity contribution in [2.75, 3.05) is 10.2 Å². The van der Waals surface area contributed by atoms with Crippen molar-refractivity contribution in [2.24, 2.45) is 0 Å². The number of carbonyl (C=O) groups excluding carboxylic acids is 2. The van der Waals surface area contributed by atoms with Crippen molar-refractivity contribution in [2.45, 2.75) is 39.5 Å². The molecule has 0 aliphatic rings. The van der Waals surface area contributed by atoms with Crippen molar-refractivity contribution >= 4 is 29.5 Å². The van der Waals surface area contributed by atoms with Crippen molar-refractivity contribution < 1.29 is 24.2 Å². The maximum absolute atomic E-state index is 13.3. The van der Waals surface area contributed by atoms with Gasteiger partial charge in [0.2, 0.25) is 0 Å². The van der Waals surface area contributed by atoms with Gasteiger partial charge in [0.25, 0.3) is 5.91 Å². The first kappa shape index (κ1) is 28.8. The first-order valence-corrected chi connectivity index (χ1v) is 13.1. The molecular weight excluding hydrogens is 520 g/mol. The molecule has 0 aliphatic heterocycles. The molecule has 0 saturated carbocycles. The lowest BCUT2D eigenvalue weighted by Gasteiger charge is -2.34. The van der Waals surface area contributed by atoms with Crippen LogP contribution < -0.4 is 15.5 Å². The van der Waals surface area contributed by atoms with E-state index < -0.39 is 23.6 Å². The fourth-order valence-corrected chi connectivity index (χ4v) is 4.21. The zero-order valence-electron chi connectivity index (χ0n) is 23.1. The summed E-state index contributed by atoms with van der Waals surface area (Å²) in [5.74, 6) is -0.398. The zero-order valence-corrected chi connectivity index (χ0v) is 23.1. The van der Waals surface area contributed by atoms with E-state index in [1.165, 1.54) is 4.90 Å². The number of benzene rings is 3. The number of rotatable bonds is 8. The minimum Gasteiger partial charge on any atom is -0.465 e. The van der Waals surface area contributed by atoms with Gasteiger partial charge in [0.1, 0.15) is 6.61 Å². The van der Waals surface area contributed by atoms with Crippen molar-refractivity contribution in [1.29, 1.82) is 0 Å². The molecule has 0 saturated heterocycles. The molecule has 210 valence electrons. The summed E-state index contributed by atoms with van der Waals surface area (Å²) in [5, 5.41) is 15.6. The normalized spacial score (nSPS) is 10.9. The summed E-state index contributed by atoms with van der Waals surface area (Å²) in [6, 6.07) is 27.1. The predicted molar refractivity (Wildman–Crippen MR) is 158 cm³/mol. The topological polar surface area (TPSA) is 121 Å². The molecule has 1 aromatic heterocycles. The molecule has 3 amide bonds. The van der Waals surface area contributed by atoms with E-state index in [0.29, 0.717) is 22.6 Å². The number of carboxylic acid groups (broad SMARTS) is 1. The van der Waals surface area contributed by atoms with Gasteiger partial charge in [0.05, 0.1) is 17.1 Å². The fourth-order valence-electron chi connectivity index (χ4n) is 4.21. The molecule has 3 aromatic carbocycles. The Morgan fingerprint density at radius 2 is 1.59 bits per heavy atom. The second kappa shape index (κ2) is 12.8. The van der Waals surface area contributed by atoms with E-state index in [4.69, 9.17) is 4.74 Å². The Morgan fingerprint density at radius 3 is 2.22 bits per heavy atom. The van der Waals surface area contributed by atoms with Gasteiger partial charge in [-0.15, -0.1) is 0 Å². The van der Waals surface area contributed by atoms with Gasteiger partial charge in [-0.1, -0.05) is 54.6 Å². The third kappa shape index (κ3) is 7.69. The van der Waals surface area contributed by atoms with Gasteiger partial charge < -0.3 is 20.5 Å². The number of aromatic nitrogens is 1. The van der Waals surface area contributed by atoms with Gasteiger partial charge >= 0.3 is 12.2 Å². The predicted octanol–water partition coefficient (Wildman–Crippen LogP) is 6.71. The Bertz CT molecular complexity index is 1500. The molecule has 9 heteroatoms. The number of amides is 3. The highest BCUT2D eigenvalue weighted by Crippen LogP contribution is 2.35. The second-order valence-electron chi connectivity index (χ2n) is 10.3. The number of carbonyl (C=O) groups is 3. The van der Waals surface area contributed by atoms with Crippen LogP contribution in [0.2, 0.25) is 0 Å². The molecule has 0 aliphatic carbocycles. The van der Waals surface area contributed by atoms with E-state index >= 15 is 0 Å². The van der Waals surface area contributed by atoms with Crippen LogP contribution in [0, 0.1) is 0 Å². The van der Waals surface area contributed by atoms with Gasteiger partial charge in [-0.2, -0.15) is 0 Å². The maximum atomic E-state index is 13.3. The quantitative estimate of drug-likeness (QED) is 0.223. The van der Waals surface area contributed by atoms with E-state index in [9.17, 15) is 19.5 Å². The maximum Gasteiger partial charge on any atom is 0.412 e. The first-order valence-electron chi connectivity index (χ1n) is 13.1. The van der Waals surface area contributed by atoms with Crippen LogP contribution in [0.1, 0.15) is 42.4 Å². The van der Waals surface area contributed by atoms with E-state index in [1.54, 1.807) is 75.5 Å². The van der Waals surface area contributed by atoms with Crippen LogP contribution in [0.25, 0.3) is 11.1 Å². The smallest absolute Gasteiger partial charge is 0.412 e. The van der Waals surface area contributed by atoms with Crippen LogP contribution in [-0.4, -0.2) is 33.7 Å². The van der Waals surface area contributed by atoms with E-state index in [1.807, 2.05) is 42.5 Å². The number of anilines is 2. The lowest BCUT2D eigenvalue weighted by Crippen LogP contribution is -2.45. The summed E-state index contributed by atoms with van der Waals surface area (Å²) in [5.41, 5.74) is 3.53. The van der Waals surface area contributed by atoms with Gasteiger partial charge in [-0.25, -0.2) is 9.59 Å². The summed E-state index contributed by atoms with van der Waals surface area (Å²) in [6.07, 6.45) is -0.0806. The minimum absolute atomic E-state index is 0.0633. The summed E-state index contributed by atoms with van der Waals surface area (Å²) < 4.78 is 5.17. The standard InChI is InChI=1S/C32H32N4O5/c1-32(2,3)36(31(39)40)28-17-16-25(23-9-5-4-6-10-23)19-27(28)35-29(37)24-14-12-22(13-15-24)20-34-30(38)41-21-26-11-7-8-18-33-26/h4-19H,20-21H2,1-3H3,(H,34,38)(H,35,37)(H,39,40). The van der Waals surface area contributed by atoms with Crippen molar-refractivity contribution in [1.82, 2.24) is 10.3 Å². The molecule has 41 heavy (non-hydrogen) atoms. The third-order valence-electron chi connectivity index (χ3n) is 6.19. The molecule has 0 radical (unpaired) electrons. The Hall–Kier alpha value is -5.18. The third-order valence-corrected chi connectivity index (χ3v) is 6.19. The number of pyridine rings is 1. The molecule has 0 spiro atoms. The highest BCUT2D eigenvalue weighted by atomic mass is 16.5. The van der Waals surface area contributed by atoms with Gasteiger partial charge in [-0.3, -0.25) is 14.7 Å². The van der Waals surface area contributed by atoms with Crippen LogP contribution in [0.4, 0.5) is 21.0 Å². The average molecular weight is 553 g/mol. The molecule has 1 heterocycles. The van der Waals surface area contributed by atoms with Gasteiger partial charge in [-0.05, 0) is 73.9 Å². The average Bonchev–Trinajstić information content (AvgIpc) is 2.96. The van der Waals surface area contributed by atoms with Crippen molar-refractivity contribution in [3.8, 4) is 11.1 Å². The summed E-state index contributed by atoms with van der Waals surface area (Å²) in [7, 11) is 0. The fraction of sp³-hybridized carbons (Fsp3) is 0.188. The number of ether oxygens (including phenoxy) is 1. The second-order valence-corrected chi connectivity index (χ2v) is 10.3. The highest BCUT2D eigenvalue weighted by Gasteiger charge is 2.30. The molecule has 0 fully saturated rings.